The zero-order chi connectivity index (χ0) is 99.6. The topological polar surface area (TPSA) is 353 Å². The number of para-hydroxylation sites is 1. The van der Waals surface area contributed by atoms with E-state index in [2.05, 4.69) is 60.9 Å². The highest BCUT2D eigenvalue weighted by molar-refractivity contribution is 5.98. The lowest BCUT2D eigenvalue weighted by Gasteiger charge is -2.41. The van der Waals surface area contributed by atoms with Gasteiger partial charge in [-0.25, -0.2) is 42.9 Å². The molecule has 7 aromatic carbocycles. The summed E-state index contributed by atoms with van der Waals surface area (Å²) in [6.07, 6.45) is 4.83. The Morgan fingerprint density at radius 3 is 1.49 bits per heavy atom. The van der Waals surface area contributed by atoms with Crippen LogP contribution in [0.25, 0.3) is 60.0 Å². The first-order valence-electron chi connectivity index (χ1n) is 45.3. The molecule has 5 amide bonds. The largest absolute Gasteiger partial charge is 0.494 e. The monoisotopic (exact) mass is 1860 g/mol. The minimum absolute atomic E-state index is 0.0536. The highest BCUT2D eigenvalue weighted by Gasteiger charge is 2.41. The number of methoxy groups -OCH3 is 1. The smallest absolute Gasteiger partial charge is 0.406 e. The Balaban J connectivity index is 0.000000163. The molecule has 0 spiro atoms. The van der Waals surface area contributed by atoms with E-state index >= 15 is 0 Å². The van der Waals surface area contributed by atoms with Crippen molar-refractivity contribution in [3.63, 3.8) is 0 Å². The number of benzene rings is 7. The summed E-state index contributed by atoms with van der Waals surface area (Å²) in [5.74, 6) is -1.19. The van der Waals surface area contributed by atoms with Crippen molar-refractivity contribution >= 4 is 120 Å². The molecule has 0 radical (unpaired) electrons. The lowest BCUT2D eigenvalue weighted by Crippen LogP contribution is -2.39. The Kier molecular flexibility index (Phi) is 30.3. The highest BCUT2D eigenvalue weighted by Crippen LogP contribution is 2.47. The normalized spacial score (nSPS) is 15.3. The number of imidazole rings is 5. The fourth-order valence-electron chi connectivity index (χ4n) is 16.3. The summed E-state index contributed by atoms with van der Waals surface area (Å²) in [7, 11) is 1.64. The van der Waals surface area contributed by atoms with E-state index in [1.807, 2.05) is 167 Å². The number of nitrogens with one attached hydrogen (secondary N) is 5. The SMILES string of the molecule is CC(C)(C)CC(=O)Nc1nc2ccc(C(C)(C)O)cc2n1CC(F)(F)F.CC(O)(CC(=O)Nc1nc2cc(F)cc(C#N)c2n1C1(C)CCC1)c1ccccc1.COc1cccc2nc(NC(=O)CC(C)(O)c3ccccc3)n(C3CCC3)c12.C[C@H](C(=O)Nc1nc2c(F)cc(C(C)(C)O)cc2n1C1CCC1)C(C)(C)C.[C-]#[N+]c1ccc2nc(NC(=O)CC(C)(C)C)n(C(C)(C)C)c2c1F. The van der Waals surface area contributed by atoms with Crippen molar-refractivity contribution in [2.75, 3.05) is 33.7 Å². The van der Waals surface area contributed by atoms with Crippen molar-refractivity contribution in [2.24, 2.45) is 22.2 Å². The van der Waals surface area contributed by atoms with Crippen LogP contribution in [0.15, 0.2) is 133 Å². The van der Waals surface area contributed by atoms with E-state index in [1.165, 1.54) is 36.4 Å². The van der Waals surface area contributed by atoms with Gasteiger partial charge in [-0.05, 0) is 214 Å². The molecule has 2 unspecified atom stereocenters. The van der Waals surface area contributed by atoms with E-state index < -0.39 is 69.9 Å². The van der Waals surface area contributed by atoms with Gasteiger partial charge in [0, 0.05) is 48.0 Å². The van der Waals surface area contributed by atoms with Crippen LogP contribution in [0.1, 0.15) is 262 Å². The number of rotatable bonds is 21. The molecule has 3 atom stereocenters. The Morgan fingerprint density at radius 1 is 0.526 bits per heavy atom. The van der Waals surface area contributed by atoms with Crippen molar-refractivity contribution in [2.45, 2.75) is 280 Å². The van der Waals surface area contributed by atoms with Gasteiger partial charge in [-0.15, -0.1) is 0 Å². The van der Waals surface area contributed by atoms with Crippen LogP contribution in [0.2, 0.25) is 0 Å². The van der Waals surface area contributed by atoms with Gasteiger partial charge in [-0.2, -0.15) is 18.4 Å². The van der Waals surface area contributed by atoms with Crippen molar-refractivity contribution in [3.8, 4) is 11.8 Å². The molecule has 0 aliphatic heterocycles. The maximum absolute atomic E-state index is 14.7. The number of hydrogen-bond acceptors (Lipinski definition) is 16. The van der Waals surface area contributed by atoms with E-state index in [-0.39, 0.29) is 110 Å². The van der Waals surface area contributed by atoms with Crippen LogP contribution in [0, 0.1) is 57.5 Å². The minimum Gasteiger partial charge on any atom is -0.494 e. The molecule has 15 rings (SSSR count). The standard InChI is InChI=1S/C23H23FN4O2.C22H25N3O3.C21H30FN3O2.C18H24F3N3O2.C18H23FN4O/c1-22(9-6-10-22)28-20-15(14-25)11-17(24)12-18(20)26-21(28)27-19(29)13-23(2,30)16-7-4-3-5-8-16;1-22(27,15-8-4-3-5-9-15)14-19(26)24-21-23-17-12-7-13-18(28-2)20(17)25(21)16-10-6-11-16;1-12(20(2,3)4)18(26)24-19-23-17-15(22)10-13(21(5,6)27)11-16(17)25(19)14-8-7-9-14;1-16(2,3)9-14(25)23-15-22-12-7-6-11(17(4,5)26)8-13(12)24(15)10-18(19,20)21;1-17(2,3)10-13(24)22-16-21-12-9-8-11(20-7)14(19)15(12)23(16)18(4,5)6/h3-5,7-8,11-12,30H,6,9-10,13H2,1-2H3,(H,26,27,29);3-5,7-9,12-13,16,27H,6,10-11,14H2,1-2H3,(H,23,24,26);10-12,14,27H,7-9H2,1-6H3,(H,23,24,26);6-8,26H,9-10H2,1-5H3,(H,22,23,25);8-9H,10H2,1-6H3,(H,21,22,24)/t;;12-;;/m..1../s1. The van der Waals surface area contributed by atoms with Crippen molar-refractivity contribution < 1.29 is 75.5 Å². The predicted octanol–water partition coefficient (Wildman–Crippen LogP) is 22.0. The van der Waals surface area contributed by atoms with Crippen LogP contribution in [0.3, 0.4) is 0 Å². The molecule has 3 aliphatic carbocycles. The number of fused-ring (bicyclic) bond motifs is 5. The molecule has 135 heavy (non-hydrogen) atoms. The third kappa shape index (κ3) is 24.8. The first kappa shape index (κ1) is 103. The molecule has 720 valence electrons. The number of carbonyl (C=O) groups excluding carboxylic acids is 5. The Hall–Kier alpha value is -12.6. The number of halogens is 6. The number of hydrogen-bond donors (Lipinski definition) is 9. The number of alkyl halides is 3. The maximum Gasteiger partial charge on any atom is 0.406 e. The third-order valence-electron chi connectivity index (χ3n) is 24.5. The second kappa shape index (κ2) is 39.8. The van der Waals surface area contributed by atoms with Gasteiger partial charge in [0.05, 0.1) is 98.6 Å². The molecular weight excluding hydrogens is 1740 g/mol. The second-order valence-electron chi connectivity index (χ2n) is 41.6. The van der Waals surface area contributed by atoms with Crippen LogP contribution in [-0.2, 0) is 64.0 Å². The predicted molar refractivity (Wildman–Crippen MR) is 512 cm³/mol. The van der Waals surface area contributed by atoms with Gasteiger partial charge in [-0.1, -0.05) is 148 Å². The Morgan fingerprint density at radius 2 is 1.01 bits per heavy atom. The second-order valence-corrected chi connectivity index (χ2v) is 41.6. The molecule has 3 fully saturated rings. The summed E-state index contributed by atoms with van der Waals surface area (Å²) >= 11 is 0. The van der Waals surface area contributed by atoms with Gasteiger partial charge in [-0.3, -0.25) is 50.6 Å². The highest BCUT2D eigenvalue weighted by atomic mass is 19.4. The quantitative estimate of drug-likeness (QED) is 0.0238. The van der Waals surface area contributed by atoms with Gasteiger partial charge in [0.15, 0.2) is 11.6 Å². The molecule has 27 nitrogen and oxygen atoms in total. The van der Waals surface area contributed by atoms with Crippen LogP contribution in [0.4, 0.5) is 61.8 Å². The molecule has 0 bridgehead atoms. The first-order chi connectivity index (χ1) is 62.7. The fraction of sp³-hybridized carbons (Fsp3) is 0.471. The Bertz CT molecular complexity index is 6460. The van der Waals surface area contributed by atoms with Crippen LogP contribution in [-0.4, -0.2) is 111 Å². The van der Waals surface area contributed by atoms with Gasteiger partial charge in [0.1, 0.15) is 35.2 Å². The number of carbonyl (C=O) groups is 5. The number of amides is 5. The summed E-state index contributed by atoms with van der Waals surface area (Å²) in [6.45, 7) is 42.6. The molecule has 12 aromatic rings. The number of ether oxygens (including phenoxy) is 1. The average molecular weight is 1860 g/mol. The van der Waals surface area contributed by atoms with E-state index in [9.17, 15) is 76.0 Å². The maximum atomic E-state index is 14.7. The van der Waals surface area contributed by atoms with Crippen molar-refractivity contribution in [3.05, 3.63) is 190 Å². The third-order valence-corrected chi connectivity index (χ3v) is 24.5. The van der Waals surface area contributed by atoms with Gasteiger partial charge in [0.2, 0.25) is 65.0 Å². The number of nitrogens with zero attached hydrogens (tertiary/aromatic N) is 12. The lowest BCUT2D eigenvalue weighted by atomic mass is 9.78. The van der Waals surface area contributed by atoms with E-state index in [4.69, 9.17) is 11.3 Å². The number of nitriles is 1. The van der Waals surface area contributed by atoms with Crippen molar-refractivity contribution in [1.29, 1.82) is 5.26 Å². The zero-order valence-corrected chi connectivity index (χ0v) is 80.7. The van der Waals surface area contributed by atoms with Crippen LogP contribution < -0.4 is 31.3 Å². The summed E-state index contributed by atoms with van der Waals surface area (Å²) in [6, 6.07) is 39.6. The molecule has 9 N–H and O–H groups in total. The van der Waals surface area contributed by atoms with Crippen LogP contribution >= 0.6 is 0 Å². The summed E-state index contributed by atoms with van der Waals surface area (Å²) in [5.41, 5.74) is 0.518. The van der Waals surface area contributed by atoms with E-state index in [0.29, 0.717) is 80.1 Å². The fourth-order valence-corrected chi connectivity index (χ4v) is 16.3. The summed E-state index contributed by atoms with van der Waals surface area (Å²) in [4.78, 5) is 88.0. The van der Waals surface area contributed by atoms with E-state index in [1.54, 1.807) is 95.7 Å². The Labute approximate surface area is 782 Å². The van der Waals surface area contributed by atoms with Gasteiger partial charge >= 0.3 is 6.18 Å². The van der Waals surface area contributed by atoms with E-state index in [0.717, 1.165) is 79.1 Å². The van der Waals surface area contributed by atoms with Crippen molar-refractivity contribution in [1.82, 2.24) is 47.8 Å². The molecule has 3 saturated carbocycles. The number of aliphatic hydroxyl groups is 4. The van der Waals surface area contributed by atoms with Crippen LogP contribution in [0.5, 0.6) is 5.75 Å². The molecule has 33 heteroatoms. The number of aromatic nitrogens is 10. The molecule has 5 aromatic heterocycles. The lowest BCUT2D eigenvalue weighted by molar-refractivity contribution is -0.140. The molecule has 0 saturated heterocycles. The minimum atomic E-state index is -4.48. The van der Waals surface area contributed by atoms with Gasteiger partial charge in [0.25, 0.3) is 0 Å². The summed E-state index contributed by atoms with van der Waals surface area (Å²) in [5, 5.41) is 65.5. The van der Waals surface area contributed by atoms with Gasteiger partial charge < -0.3 is 48.0 Å². The molecule has 5 heterocycles. The zero-order valence-electron chi connectivity index (χ0n) is 80.7. The number of anilines is 5. The molecule has 3 aliphatic rings. The first-order valence-corrected chi connectivity index (χ1v) is 45.3. The average Bonchev–Trinajstić information content (AvgIpc) is 1.58. The summed E-state index contributed by atoms with van der Waals surface area (Å²) < 4.78 is 96.5. The molecular formula is C102H125F6N17O10.